The highest BCUT2D eigenvalue weighted by Crippen LogP contribution is 2.25. The fourth-order valence-electron chi connectivity index (χ4n) is 1.95. The largest absolute Gasteiger partial charge is 0.497 e. The fraction of sp³-hybridized carbons (Fsp3) is 0.429. The van der Waals surface area contributed by atoms with E-state index in [4.69, 9.17) is 14.9 Å². The molecule has 1 aromatic rings. The molecule has 0 bridgehead atoms. The van der Waals surface area contributed by atoms with Gasteiger partial charge in [0.2, 0.25) is 10.0 Å². The van der Waals surface area contributed by atoms with Gasteiger partial charge in [-0.05, 0) is 30.2 Å². The third kappa shape index (κ3) is 4.28. The van der Waals surface area contributed by atoms with Crippen LogP contribution in [0.25, 0.3) is 0 Å². The minimum absolute atomic E-state index is 0.0149. The van der Waals surface area contributed by atoms with Crippen molar-refractivity contribution in [2.24, 2.45) is 0 Å². The van der Waals surface area contributed by atoms with Gasteiger partial charge in [0.15, 0.2) is 0 Å². The van der Waals surface area contributed by atoms with Gasteiger partial charge < -0.3 is 14.9 Å². The van der Waals surface area contributed by atoms with E-state index in [0.29, 0.717) is 11.3 Å². The van der Waals surface area contributed by atoms with Crippen LogP contribution in [0.2, 0.25) is 0 Å². The molecular formula is C14H21NO5S. The molecule has 0 amide bonds. The predicted molar refractivity (Wildman–Crippen MR) is 79.8 cm³/mol. The quantitative estimate of drug-likeness (QED) is 0.644. The van der Waals surface area contributed by atoms with Gasteiger partial charge in [-0.1, -0.05) is 6.08 Å². The van der Waals surface area contributed by atoms with Crippen molar-refractivity contribution in [2.75, 3.05) is 33.4 Å². The summed E-state index contributed by atoms with van der Waals surface area (Å²) in [4.78, 5) is 0.104. The molecule has 2 N–H and O–H groups in total. The molecule has 0 unspecified atom stereocenters. The molecule has 118 valence electrons. The number of benzene rings is 1. The van der Waals surface area contributed by atoms with E-state index >= 15 is 0 Å². The third-order valence-corrected chi connectivity index (χ3v) is 4.91. The Labute approximate surface area is 125 Å². The van der Waals surface area contributed by atoms with Gasteiger partial charge in [0, 0.05) is 19.7 Å². The second-order valence-corrected chi connectivity index (χ2v) is 6.23. The lowest BCUT2D eigenvalue weighted by atomic mass is 10.1. The summed E-state index contributed by atoms with van der Waals surface area (Å²) >= 11 is 0. The van der Waals surface area contributed by atoms with Gasteiger partial charge in [-0.25, -0.2) is 8.42 Å². The summed E-state index contributed by atoms with van der Waals surface area (Å²) in [7, 11) is -2.28. The summed E-state index contributed by atoms with van der Waals surface area (Å²) in [5.41, 5.74) is 0.476. The Hall–Kier alpha value is -1.41. The first-order chi connectivity index (χ1) is 10.0. The van der Waals surface area contributed by atoms with E-state index in [0.717, 1.165) is 4.31 Å². The van der Waals surface area contributed by atoms with E-state index in [1.807, 2.05) is 0 Å². The maximum Gasteiger partial charge on any atom is 0.243 e. The van der Waals surface area contributed by atoms with E-state index < -0.39 is 10.0 Å². The Morgan fingerprint density at radius 2 is 2.05 bits per heavy atom. The average molecular weight is 315 g/mol. The molecule has 0 spiro atoms. The van der Waals surface area contributed by atoms with E-state index in [1.54, 1.807) is 12.1 Å². The number of aliphatic hydroxyl groups excluding tert-OH is 2. The number of methoxy groups -OCH3 is 1. The first kappa shape index (κ1) is 17.6. The molecule has 0 heterocycles. The molecule has 0 fully saturated rings. The molecule has 1 aromatic carbocycles. The molecule has 0 atom stereocenters. The third-order valence-electron chi connectivity index (χ3n) is 2.95. The van der Waals surface area contributed by atoms with Gasteiger partial charge in [0.25, 0.3) is 0 Å². The molecule has 0 saturated carbocycles. The van der Waals surface area contributed by atoms with Gasteiger partial charge in [0.1, 0.15) is 5.75 Å². The van der Waals surface area contributed by atoms with Crippen LogP contribution in [0.1, 0.15) is 5.56 Å². The number of hydrogen-bond donors (Lipinski definition) is 2. The highest BCUT2D eigenvalue weighted by atomic mass is 32.2. The van der Waals surface area contributed by atoms with Crippen LogP contribution in [0.15, 0.2) is 35.7 Å². The fourth-order valence-corrected chi connectivity index (χ4v) is 3.59. The molecule has 1 rings (SSSR count). The van der Waals surface area contributed by atoms with Crippen molar-refractivity contribution in [2.45, 2.75) is 11.3 Å². The lowest BCUT2D eigenvalue weighted by molar-refractivity contribution is 0.260. The number of rotatable bonds is 9. The van der Waals surface area contributed by atoms with Crippen molar-refractivity contribution in [1.29, 1.82) is 0 Å². The van der Waals surface area contributed by atoms with Crippen molar-refractivity contribution in [1.82, 2.24) is 4.31 Å². The van der Waals surface area contributed by atoms with Crippen molar-refractivity contribution in [3.8, 4) is 5.75 Å². The smallest absolute Gasteiger partial charge is 0.243 e. The molecule has 0 radical (unpaired) electrons. The summed E-state index contributed by atoms with van der Waals surface area (Å²) in [6.07, 6.45) is 1.66. The van der Waals surface area contributed by atoms with Crippen LogP contribution in [-0.4, -0.2) is 56.3 Å². The maximum absolute atomic E-state index is 12.7. The number of hydrogen-bond acceptors (Lipinski definition) is 5. The van der Waals surface area contributed by atoms with Crippen LogP contribution < -0.4 is 4.74 Å². The average Bonchev–Trinajstić information content (AvgIpc) is 2.47. The van der Waals surface area contributed by atoms with Gasteiger partial charge in [-0.3, -0.25) is 0 Å². The Morgan fingerprint density at radius 3 is 2.57 bits per heavy atom. The SMILES string of the molecule is C=CCN(CCO)S(=O)(=O)c1ccc(OC)cc1CCO. The minimum atomic E-state index is -3.77. The van der Waals surface area contributed by atoms with Crippen molar-refractivity contribution in [3.63, 3.8) is 0 Å². The van der Waals surface area contributed by atoms with Crippen molar-refractivity contribution in [3.05, 3.63) is 36.4 Å². The van der Waals surface area contributed by atoms with Gasteiger partial charge in [-0.2, -0.15) is 4.31 Å². The molecule has 6 nitrogen and oxygen atoms in total. The topological polar surface area (TPSA) is 87.1 Å². The van der Waals surface area contributed by atoms with E-state index in [2.05, 4.69) is 6.58 Å². The summed E-state index contributed by atoms with van der Waals surface area (Å²) in [5, 5.41) is 18.1. The van der Waals surface area contributed by atoms with Gasteiger partial charge in [-0.15, -0.1) is 6.58 Å². The van der Waals surface area contributed by atoms with Crippen LogP contribution in [0.5, 0.6) is 5.75 Å². The van der Waals surface area contributed by atoms with Crippen LogP contribution in [0.3, 0.4) is 0 Å². The Balaban J connectivity index is 3.30. The Kier molecular flexibility index (Phi) is 6.83. The van der Waals surface area contributed by atoms with Crippen LogP contribution in [0.4, 0.5) is 0 Å². The monoisotopic (exact) mass is 315 g/mol. The standard InChI is InChI=1S/C14H21NO5S/c1-3-7-15(8-10-17)21(18,19)14-5-4-13(20-2)11-12(14)6-9-16/h3-5,11,16-17H,1,6-10H2,2H3. The summed E-state index contributed by atoms with van der Waals surface area (Å²) in [6, 6.07) is 4.60. The second-order valence-electron chi connectivity index (χ2n) is 4.32. The molecule has 0 aromatic heterocycles. The number of ether oxygens (including phenoxy) is 1. The number of sulfonamides is 1. The van der Waals surface area contributed by atoms with Gasteiger partial charge >= 0.3 is 0 Å². The molecule has 21 heavy (non-hydrogen) atoms. The first-order valence-corrected chi connectivity index (χ1v) is 7.95. The van der Waals surface area contributed by atoms with Crippen LogP contribution in [-0.2, 0) is 16.4 Å². The molecular weight excluding hydrogens is 294 g/mol. The maximum atomic E-state index is 12.7. The summed E-state index contributed by atoms with van der Waals surface area (Å²) in [6.45, 7) is 3.17. The van der Waals surface area contributed by atoms with E-state index in [1.165, 1.54) is 19.3 Å². The number of aliphatic hydroxyl groups is 2. The van der Waals surface area contributed by atoms with Gasteiger partial charge in [0.05, 0.1) is 18.6 Å². The van der Waals surface area contributed by atoms with Crippen molar-refractivity contribution >= 4 is 10.0 Å². The minimum Gasteiger partial charge on any atom is -0.497 e. The zero-order valence-corrected chi connectivity index (χ0v) is 12.8. The molecule has 0 aliphatic heterocycles. The highest BCUT2D eigenvalue weighted by molar-refractivity contribution is 7.89. The lowest BCUT2D eigenvalue weighted by Crippen LogP contribution is -2.34. The summed E-state index contributed by atoms with van der Waals surface area (Å²) < 4.78 is 31.5. The predicted octanol–water partition coefficient (Wildman–Crippen LogP) is 0.399. The zero-order valence-electron chi connectivity index (χ0n) is 12.0. The summed E-state index contributed by atoms with van der Waals surface area (Å²) in [5.74, 6) is 0.523. The molecule has 7 heteroatoms. The molecule has 0 aliphatic rings. The van der Waals surface area contributed by atoms with Crippen LogP contribution in [0, 0.1) is 0 Å². The molecule has 0 saturated heterocycles. The normalized spacial score (nSPS) is 11.6. The Morgan fingerprint density at radius 1 is 1.33 bits per heavy atom. The van der Waals surface area contributed by atoms with Crippen LogP contribution >= 0.6 is 0 Å². The number of nitrogens with zero attached hydrogens (tertiary/aromatic N) is 1. The lowest BCUT2D eigenvalue weighted by Gasteiger charge is -2.21. The Bertz CT molecular complexity index is 571. The zero-order chi connectivity index (χ0) is 15.9. The second kappa shape index (κ2) is 8.14. The highest BCUT2D eigenvalue weighted by Gasteiger charge is 2.25. The van der Waals surface area contributed by atoms with Crippen molar-refractivity contribution < 1.29 is 23.4 Å². The molecule has 0 aliphatic carbocycles. The van der Waals surface area contributed by atoms with E-state index in [9.17, 15) is 8.42 Å². The first-order valence-electron chi connectivity index (χ1n) is 6.51. The van der Waals surface area contributed by atoms with E-state index in [-0.39, 0.29) is 37.6 Å².